The molecule has 25 heavy (non-hydrogen) atoms. The lowest BCUT2D eigenvalue weighted by atomic mass is 10.1. The van der Waals surface area contributed by atoms with Gasteiger partial charge in [0.25, 0.3) is 0 Å². The van der Waals surface area contributed by atoms with Crippen molar-refractivity contribution in [2.24, 2.45) is 0 Å². The van der Waals surface area contributed by atoms with Crippen LogP contribution in [0.1, 0.15) is 12.8 Å². The third kappa shape index (κ3) is 3.74. The summed E-state index contributed by atoms with van der Waals surface area (Å²) >= 11 is 6.08. The summed E-state index contributed by atoms with van der Waals surface area (Å²) in [6, 6.07) is 19.9. The predicted octanol–water partition coefficient (Wildman–Crippen LogP) is 5.14. The Morgan fingerprint density at radius 1 is 0.880 bits per heavy atom. The fourth-order valence-corrected chi connectivity index (χ4v) is 3.24. The average Bonchev–Trinajstić information content (AvgIpc) is 3.17. The number of nitrogens with zero attached hydrogens (tertiary/aromatic N) is 3. The highest BCUT2D eigenvalue weighted by molar-refractivity contribution is 6.30. The second-order valence-electron chi connectivity index (χ2n) is 6.13. The van der Waals surface area contributed by atoms with Crippen LogP contribution >= 0.6 is 11.6 Å². The molecule has 1 N–H and O–H groups in total. The Labute approximate surface area is 152 Å². The van der Waals surface area contributed by atoms with Gasteiger partial charge in [0.15, 0.2) is 0 Å². The van der Waals surface area contributed by atoms with E-state index in [-0.39, 0.29) is 0 Å². The van der Waals surface area contributed by atoms with Crippen LogP contribution in [-0.2, 0) is 0 Å². The molecular weight excluding hydrogens is 332 g/mol. The van der Waals surface area contributed by atoms with Crippen LogP contribution in [0.2, 0.25) is 5.02 Å². The van der Waals surface area contributed by atoms with E-state index in [9.17, 15) is 0 Å². The second kappa shape index (κ2) is 7.11. The second-order valence-corrected chi connectivity index (χ2v) is 6.57. The Bertz CT molecular complexity index is 861. The molecule has 1 aliphatic rings. The van der Waals surface area contributed by atoms with E-state index in [1.807, 2.05) is 42.5 Å². The molecule has 1 aliphatic heterocycles. The minimum atomic E-state index is 0.588. The molecule has 1 aromatic heterocycles. The smallest absolute Gasteiger partial charge is 0.229 e. The standard InChI is InChI=1S/C20H19ClN4/c21-16-9-6-10-17(13-16)22-20-23-18(15-7-2-1-3-8-15)14-19(24-20)25-11-4-5-12-25/h1-3,6-10,13-14H,4-5,11-12H2,(H,22,23,24). The molecule has 0 atom stereocenters. The van der Waals surface area contributed by atoms with E-state index in [4.69, 9.17) is 21.6 Å². The molecule has 0 amide bonds. The Balaban J connectivity index is 1.73. The number of halogens is 1. The van der Waals surface area contributed by atoms with E-state index in [1.54, 1.807) is 0 Å². The first-order valence-electron chi connectivity index (χ1n) is 8.50. The highest BCUT2D eigenvalue weighted by Crippen LogP contribution is 2.27. The number of hydrogen-bond donors (Lipinski definition) is 1. The molecule has 2 aromatic carbocycles. The molecule has 126 valence electrons. The first-order valence-corrected chi connectivity index (χ1v) is 8.88. The third-order valence-electron chi connectivity index (χ3n) is 4.29. The number of benzene rings is 2. The molecule has 3 aromatic rings. The fourth-order valence-electron chi connectivity index (χ4n) is 3.05. The van der Waals surface area contributed by atoms with Crippen molar-refractivity contribution in [1.82, 2.24) is 9.97 Å². The molecule has 5 heteroatoms. The van der Waals surface area contributed by atoms with Gasteiger partial charge in [0, 0.05) is 35.4 Å². The SMILES string of the molecule is Clc1cccc(Nc2nc(-c3ccccc3)cc(N3CCCC3)n2)c1. The van der Waals surface area contributed by atoms with Crippen LogP contribution in [0.15, 0.2) is 60.7 Å². The fraction of sp³-hybridized carbons (Fsp3) is 0.200. The summed E-state index contributed by atoms with van der Waals surface area (Å²) in [4.78, 5) is 11.8. The lowest BCUT2D eigenvalue weighted by Gasteiger charge is -2.18. The number of aromatic nitrogens is 2. The topological polar surface area (TPSA) is 41.1 Å². The zero-order valence-electron chi connectivity index (χ0n) is 13.8. The van der Waals surface area contributed by atoms with Gasteiger partial charge in [-0.3, -0.25) is 0 Å². The Kier molecular flexibility index (Phi) is 4.53. The van der Waals surface area contributed by atoms with Crippen molar-refractivity contribution in [3.63, 3.8) is 0 Å². The van der Waals surface area contributed by atoms with E-state index in [0.29, 0.717) is 11.0 Å². The van der Waals surface area contributed by atoms with Crippen molar-refractivity contribution < 1.29 is 0 Å². The quantitative estimate of drug-likeness (QED) is 0.707. The van der Waals surface area contributed by atoms with E-state index in [2.05, 4.69) is 28.4 Å². The van der Waals surface area contributed by atoms with E-state index < -0.39 is 0 Å². The van der Waals surface area contributed by atoms with Crippen molar-refractivity contribution in [2.75, 3.05) is 23.3 Å². The molecule has 0 unspecified atom stereocenters. The van der Waals surface area contributed by atoms with Crippen LogP contribution in [0, 0.1) is 0 Å². The maximum Gasteiger partial charge on any atom is 0.229 e. The highest BCUT2D eigenvalue weighted by Gasteiger charge is 2.16. The molecular formula is C20H19ClN4. The lowest BCUT2D eigenvalue weighted by molar-refractivity contribution is 0.931. The number of anilines is 3. The Morgan fingerprint density at radius 3 is 2.44 bits per heavy atom. The van der Waals surface area contributed by atoms with Gasteiger partial charge in [0.05, 0.1) is 5.69 Å². The minimum Gasteiger partial charge on any atom is -0.356 e. The Hall–Kier alpha value is -2.59. The Morgan fingerprint density at radius 2 is 1.68 bits per heavy atom. The van der Waals surface area contributed by atoms with Crippen molar-refractivity contribution in [3.8, 4) is 11.3 Å². The van der Waals surface area contributed by atoms with Gasteiger partial charge in [-0.25, -0.2) is 4.98 Å². The van der Waals surface area contributed by atoms with Crippen LogP contribution in [0.5, 0.6) is 0 Å². The van der Waals surface area contributed by atoms with E-state index in [1.165, 1.54) is 12.8 Å². The van der Waals surface area contributed by atoms with Gasteiger partial charge in [0.2, 0.25) is 5.95 Å². The number of hydrogen-bond acceptors (Lipinski definition) is 4. The normalized spacial score (nSPS) is 13.9. The van der Waals surface area contributed by atoms with Crippen molar-refractivity contribution in [3.05, 3.63) is 65.7 Å². The molecule has 0 bridgehead atoms. The van der Waals surface area contributed by atoms with E-state index >= 15 is 0 Å². The number of rotatable bonds is 4. The lowest BCUT2D eigenvalue weighted by Crippen LogP contribution is -2.19. The van der Waals surface area contributed by atoms with Gasteiger partial charge in [-0.05, 0) is 31.0 Å². The maximum absolute atomic E-state index is 6.08. The van der Waals surface area contributed by atoms with Gasteiger partial charge in [-0.1, -0.05) is 48.0 Å². The number of nitrogens with one attached hydrogen (secondary N) is 1. The van der Waals surface area contributed by atoms with Gasteiger partial charge in [-0.2, -0.15) is 4.98 Å². The molecule has 0 spiro atoms. The summed E-state index contributed by atoms with van der Waals surface area (Å²) in [6.07, 6.45) is 2.42. The molecule has 1 saturated heterocycles. The molecule has 4 nitrogen and oxygen atoms in total. The zero-order chi connectivity index (χ0) is 17.1. The van der Waals surface area contributed by atoms with E-state index in [0.717, 1.165) is 35.9 Å². The first kappa shape index (κ1) is 15.9. The summed E-state index contributed by atoms with van der Waals surface area (Å²) in [5.41, 5.74) is 2.88. The summed E-state index contributed by atoms with van der Waals surface area (Å²) in [5.74, 6) is 1.56. The summed E-state index contributed by atoms with van der Waals surface area (Å²) in [5, 5.41) is 3.97. The van der Waals surface area contributed by atoms with Crippen molar-refractivity contribution in [1.29, 1.82) is 0 Å². The molecule has 1 fully saturated rings. The summed E-state index contributed by atoms with van der Waals surface area (Å²) in [6.45, 7) is 2.09. The van der Waals surface area contributed by atoms with Gasteiger partial charge in [0.1, 0.15) is 5.82 Å². The van der Waals surface area contributed by atoms with Gasteiger partial charge >= 0.3 is 0 Å². The van der Waals surface area contributed by atoms with Crippen LogP contribution in [0.25, 0.3) is 11.3 Å². The minimum absolute atomic E-state index is 0.588. The van der Waals surface area contributed by atoms with Gasteiger partial charge in [-0.15, -0.1) is 0 Å². The maximum atomic E-state index is 6.08. The molecule has 0 radical (unpaired) electrons. The van der Waals surface area contributed by atoms with Crippen LogP contribution < -0.4 is 10.2 Å². The average molecular weight is 351 g/mol. The zero-order valence-corrected chi connectivity index (χ0v) is 14.6. The van der Waals surface area contributed by atoms with Crippen LogP contribution in [0.4, 0.5) is 17.5 Å². The molecule has 4 rings (SSSR count). The predicted molar refractivity (Wildman–Crippen MR) is 104 cm³/mol. The highest BCUT2D eigenvalue weighted by atomic mass is 35.5. The third-order valence-corrected chi connectivity index (χ3v) is 4.53. The van der Waals surface area contributed by atoms with Crippen LogP contribution in [0.3, 0.4) is 0 Å². The van der Waals surface area contributed by atoms with Crippen LogP contribution in [-0.4, -0.2) is 23.1 Å². The summed E-state index contributed by atoms with van der Waals surface area (Å²) in [7, 11) is 0. The molecule has 0 aliphatic carbocycles. The monoisotopic (exact) mass is 350 g/mol. The first-order chi connectivity index (χ1) is 12.3. The van der Waals surface area contributed by atoms with Gasteiger partial charge < -0.3 is 10.2 Å². The van der Waals surface area contributed by atoms with Crippen molar-refractivity contribution in [2.45, 2.75) is 12.8 Å². The largest absolute Gasteiger partial charge is 0.356 e. The summed E-state index contributed by atoms with van der Waals surface area (Å²) < 4.78 is 0. The van der Waals surface area contributed by atoms with Crippen molar-refractivity contribution >= 4 is 29.1 Å². The molecule has 2 heterocycles. The molecule has 0 saturated carbocycles.